The van der Waals surface area contributed by atoms with Crippen molar-refractivity contribution in [1.29, 1.82) is 0 Å². The number of hydrogen-bond acceptors (Lipinski definition) is 6. The van der Waals surface area contributed by atoms with Gasteiger partial charge in [0, 0.05) is 24.9 Å². The standard InChI is InChI=1S/C15H17N5O4/c1-9-16-5-4-13(17-9)24-10-3-2-6-20(8-10)14(22)11-7-12(21)19-15(23)18-11/h4-5,7,10H,2-3,6,8H2,1H3,(H2,18,19,21,23)/t10-/m1/s1. The number of amides is 1. The van der Waals surface area contributed by atoms with E-state index in [1.165, 1.54) is 0 Å². The second kappa shape index (κ2) is 6.65. The monoisotopic (exact) mass is 331 g/mol. The number of aromatic nitrogens is 4. The van der Waals surface area contributed by atoms with Gasteiger partial charge in [-0.15, -0.1) is 0 Å². The summed E-state index contributed by atoms with van der Waals surface area (Å²) in [7, 11) is 0. The van der Waals surface area contributed by atoms with Crippen molar-refractivity contribution in [3.8, 4) is 5.88 Å². The van der Waals surface area contributed by atoms with Crippen LogP contribution in [0.1, 0.15) is 29.2 Å². The molecule has 1 amide bonds. The molecule has 126 valence electrons. The van der Waals surface area contributed by atoms with Gasteiger partial charge in [0.25, 0.3) is 11.5 Å². The Morgan fingerprint density at radius 2 is 2.21 bits per heavy atom. The van der Waals surface area contributed by atoms with E-state index in [4.69, 9.17) is 4.74 Å². The largest absolute Gasteiger partial charge is 0.472 e. The topological polar surface area (TPSA) is 121 Å². The lowest BCUT2D eigenvalue weighted by Crippen LogP contribution is -2.45. The Kier molecular flexibility index (Phi) is 4.41. The van der Waals surface area contributed by atoms with Gasteiger partial charge < -0.3 is 14.6 Å². The average molecular weight is 331 g/mol. The second-order valence-corrected chi connectivity index (χ2v) is 5.58. The highest BCUT2D eigenvalue weighted by Gasteiger charge is 2.26. The zero-order chi connectivity index (χ0) is 17.1. The molecule has 2 aromatic rings. The van der Waals surface area contributed by atoms with Gasteiger partial charge in [-0.05, 0) is 19.8 Å². The Morgan fingerprint density at radius 3 is 2.96 bits per heavy atom. The zero-order valence-electron chi connectivity index (χ0n) is 13.1. The summed E-state index contributed by atoms with van der Waals surface area (Å²) in [6.45, 7) is 2.67. The summed E-state index contributed by atoms with van der Waals surface area (Å²) < 4.78 is 5.82. The van der Waals surface area contributed by atoms with Crippen LogP contribution >= 0.6 is 0 Å². The summed E-state index contributed by atoms with van der Waals surface area (Å²) in [5, 5.41) is 0. The number of aryl methyl sites for hydroxylation is 1. The molecule has 2 aromatic heterocycles. The maximum atomic E-state index is 12.5. The van der Waals surface area contributed by atoms with Crippen molar-refractivity contribution in [2.75, 3.05) is 13.1 Å². The number of rotatable bonds is 3. The first kappa shape index (κ1) is 15.9. The Labute approximate surface area is 136 Å². The number of carbonyl (C=O) groups excluding carboxylic acids is 1. The van der Waals surface area contributed by atoms with Crippen molar-refractivity contribution in [1.82, 2.24) is 24.8 Å². The van der Waals surface area contributed by atoms with Crippen molar-refractivity contribution >= 4 is 5.91 Å². The van der Waals surface area contributed by atoms with Gasteiger partial charge in [-0.1, -0.05) is 0 Å². The molecule has 0 aromatic carbocycles. The normalized spacial score (nSPS) is 17.5. The first-order valence-corrected chi connectivity index (χ1v) is 7.60. The van der Waals surface area contributed by atoms with Gasteiger partial charge in [0.1, 0.15) is 17.6 Å². The van der Waals surface area contributed by atoms with Crippen LogP contribution in [0.3, 0.4) is 0 Å². The van der Waals surface area contributed by atoms with Gasteiger partial charge in [-0.25, -0.2) is 9.78 Å². The first-order valence-electron chi connectivity index (χ1n) is 7.60. The molecule has 9 nitrogen and oxygen atoms in total. The van der Waals surface area contributed by atoms with Crippen molar-refractivity contribution in [2.24, 2.45) is 0 Å². The summed E-state index contributed by atoms with van der Waals surface area (Å²) >= 11 is 0. The molecule has 0 bridgehead atoms. The summed E-state index contributed by atoms with van der Waals surface area (Å²) in [6, 6.07) is 2.75. The fourth-order valence-corrected chi connectivity index (χ4v) is 2.64. The molecule has 2 N–H and O–H groups in total. The van der Waals surface area contributed by atoms with Crippen LogP contribution in [0.5, 0.6) is 5.88 Å². The third kappa shape index (κ3) is 3.67. The lowest BCUT2D eigenvalue weighted by Gasteiger charge is -2.32. The number of carbonyl (C=O) groups is 1. The van der Waals surface area contributed by atoms with Crippen molar-refractivity contribution in [3.63, 3.8) is 0 Å². The molecule has 24 heavy (non-hydrogen) atoms. The summed E-state index contributed by atoms with van der Waals surface area (Å²) in [4.78, 5) is 49.3. The van der Waals surface area contributed by atoms with E-state index in [0.717, 1.165) is 18.9 Å². The molecule has 9 heteroatoms. The van der Waals surface area contributed by atoms with E-state index >= 15 is 0 Å². The molecular weight excluding hydrogens is 314 g/mol. The Balaban J connectivity index is 1.72. The van der Waals surface area contributed by atoms with Crippen LogP contribution in [0.15, 0.2) is 27.9 Å². The molecule has 3 heterocycles. The Bertz CT molecular complexity index is 831. The van der Waals surface area contributed by atoms with E-state index < -0.39 is 17.2 Å². The van der Waals surface area contributed by atoms with Crippen LogP contribution in [-0.4, -0.2) is 49.9 Å². The maximum Gasteiger partial charge on any atom is 0.326 e. The van der Waals surface area contributed by atoms with E-state index in [0.29, 0.717) is 24.8 Å². The number of ether oxygens (including phenoxy) is 1. The smallest absolute Gasteiger partial charge is 0.326 e. The molecule has 1 aliphatic heterocycles. The minimum Gasteiger partial charge on any atom is -0.472 e. The van der Waals surface area contributed by atoms with Crippen LogP contribution in [0, 0.1) is 6.92 Å². The van der Waals surface area contributed by atoms with E-state index in [9.17, 15) is 14.4 Å². The predicted octanol–water partition coefficient (Wildman–Crippen LogP) is -0.155. The molecule has 0 radical (unpaired) electrons. The number of aromatic amines is 2. The van der Waals surface area contributed by atoms with E-state index in [1.54, 1.807) is 24.1 Å². The Morgan fingerprint density at radius 1 is 1.38 bits per heavy atom. The summed E-state index contributed by atoms with van der Waals surface area (Å²) in [5.74, 6) is 0.675. The Hall–Kier alpha value is -2.97. The van der Waals surface area contributed by atoms with E-state index in [1.807, 2.05) is 4.98 Å². The van der Waals surface area contributed by atoms with Gasteiger partial charge in [-0.2, -0.15) is 4.98 Å². The lowest BCUT2D eigenvalue weighted by atomic mass is 10.1. The van der Waals surface area contributed by atoms with Crippen molar-refractivity contribution in [3.05, 3.63) is 50.7 Å². The minimum atomic E-state index is -0.702. The number of piperidine rings is 1. The SMILES string of the molecule is Cc1nccc(O[C@@H]2CCCN(C(=O)c3cc(=O)[nH]c(=O)[nH]3)C2)n1. The number of nitrogens with one attached hydrogen (secondary N) is 2. The fourth-order valence-electron chi connectivity index (χ4n) is 2.64. The lowest BCUT2D eigenvalue weighted by molar-refractivity contribution is 0.0521. The molecule has 1 fully saturated rings. The van der Waals surface area contributed by atoms with Gasteiger partial charge in [0.05, 0.1) is 6.54 Å². The van der Waals surface area contributed by atoms with Crippen LogP contribution in [0.4, 0.5) is 0 Å². The quantitative estimate of drug-likeness (QED) is 0.806. The fraction of sp³-hybridized carbons (Fsp3) is 0.400. The number of likely N-dealkylation sites (tertiary alicyclic amines) is 1. The van der Waals surface area contributed by atoms with Gasteiger partial charge in [-0.3, -0.25) is 14.6 Å². The molecule has 0 saturated carbocycles. The molecule has 0 unspecified atom stereocenters. The minimum absolute atomic E-state index is 0.0257. The van der Waals surface area contributed by atoms with Gasteiger partial charge in [0.2, 0.25) is 5.88 Å². The number of hydrogen-bond donors (Lipinski definition) is 2. The predicted molar refractivity (Wildman–Crippen MR) is 84.0 cm³/mol. The summed E-state index contributed by atoms with van der Waals surface area (Å²) in [6.07, 6.45) is 2.96. The van der Waals surface area contributed by atoms with Crippen LogP contribution in [-0.2, 0) is 0 Å². The molecular formula is C15H17N5O4. The van der Waals surface area contributed by atoms with Crippen molar-refractivity contribution < 1.29 is 9.53 Å². The second-order valence-electron chi connectivity index (χ2n) is 5.58. The third-order valence-electron chi connectivity index (χ3n) is 3.69. The maximum absolute atomic E-state index is 12.5. The van der Waals surface area contributed by atoms with Gasteiger partial charge in [0.15, 0.2) is 0 Å². The van der Waals surface area contributed by atoms with Crippen LogP contribution < -0.4 is 16.0 Å². The highest BCUT2D eigenvalue weighted by atomic mass is 16.5. The highest BCUT2D eigenvalue weighted by Crippen LogP contribution is 2.17. The van der Waals surface area contributed by atoms with Crippen LogP contribution in [0.2, 0.25) is 0 Å². The number of H-pyrrole nitrogens is 2. The van der Waals surface area contributed by atoms with E-state index in [2.05, 4.69) is 15.0 Å². The van der Waals surface area contributed by atoms with Crippen LogP contribution in [0.25, 0.3) is 0 Å². The van der Waals surface area contributed by atoms with E-state index in [-0.39, 0.29) is 11.8 Å². The first-order chi connectivity index (χ1) is 11.5. The summed E-state index contributed by atoms with van der Waals surface area (Å²) in [5.41, 5.74) is -1.34. The number of nitrogens with zero attached hydrogens (tertiary/aromatic N) is 3. The molecule has 1 aliphatic rings. The zero-order valence-corrected chi connectivity index (χ0v) is 13.1. The average Bonchev–Trinajstić information content (AvgIpc) is 2.53. The third-order valence-corrected chi connectivity index (χ3v) is 3.69. The van der Waals surface area contributed by atoms with Crippen molar-refractivity contribution in [2.45, 2.75) is 25.9 Å². The highest BCUT2D eigenvalue weighted by molar-refractivity contribution is 5.92. The molecule has 0 spiro atoms. The molecule has 3 rings (SSSR count). The van der Waals surface area contributed by atoms with Gasteiger partial charge >= 0.3 is 5.69 Å². The molecule has 0 aliphatic carbocycles. The molecule has 1 saturated heterocycles. The molecule has 1 atom stereocenters.